The minimum Gasteiger partial charge on any atom is -0.444 e. The SMILES string of the molecule is CC(C)(C)c1ccc(C(=O)O[C@@H](C(=O)Nc2cc(C(F)(F)F)ccc2Cl)c2ccccc2)cc1. The monoisotopic (exact) mass is 489 g/mol. The summed E-state index contributed by atoms with van der Waals surface area (Å²) in [5, 5.41) is 2.27. The Balaban J connectivity index is 1.87. The molecule has 0 aromatic heterocycles. The Morgan fingerprint density at radius 1 is 0.882 bits per heavy atom. The van der Waals surface area contributed by atoms with Crippen LogP contribution in [0.15, 0.2) is 72.8 Å². The van der Waals surface area contributed by atoms with E-state index in [9.17, 15) is 22.8 Å². The summed E-state index contributed by atoms with van der Waals surface area (Å²) in [5.74, 6) is -1.59. The van der Waals surface area contributed by atoms with Crippen LogP contribution in [0.25, 0.3) is 0 Å². The topological polar surface area (TPSA) is 55.4 Å². The molecule has 3 rings (SSSR count). The third kappa shape index (κ3) is 6.17. The highest BCUT2D eigenvalue weighted by Crippen LogP contribution is 2.34. The molecule has 0 saturated carbocycles. The normalized spacial score (nSPS) is 12.7. The quantitative estimate of drug-likeness (QED) is 0.386. The summed E-state index contributed by atoms with van der Waals surface area (Å²) in [6.45, 7) is 6.11. The number of amides is 1. The van der Waals surface area contributed by atoms with Gasteiger partial charge in [0, 0.05) is 5.56 Å². The van der Waals surface area contributed by atoms with Crippen LogP contribution in [0.1, 0.15) is 53.9 Å². The van der Waals surface area contributed by atoms with E-state index >= 15 is 0 Å². The van der Waals surface area contributed by atoms with Crippen molar-refractivity contribution in [3.63, 3.8) is 0 Å². The molecular formula is C26H23ClF3NO3. The van der Waals surface area contributed by atoms with E-state index in [1.165, 1.54) is 0 Å². The van der Waals surface area contributed by atoms with Gasteiger partial charge in [0.15, 0.2) is 0 Å². The van der Waals surface area contributed by atoms with Gasteiger partial charge in [0.2, 0.25) is 6.10 Å². The molecule has 0 radical (unpaired) electrons. The number of carbonyl (C=O) groups is 2. The Labute approximate surface area is 200 Å². The molecule has 4 nitrogen and oxygen atoms in total. The largest absolute Gasteiger partial charge is 0.444 e. The minimum atomic E-state index is -4.62. The Morgan fingerprint density at radius 2 is 1.47 bits per heavy atom. The molecule has 1 atom stereocenters. The van der Waals surface area contributed by atoms with E-state index in [1.807, 2.05) is 20.8 Å². The molecule has 0 aliphatic rings. The number of hydrogen-bond acceptors (Lipinski definition) is 3. The highest BCUT2D eigenvalue weighted by Gasteiger charge is 2.32. The Bertz CT molecular complexity index is 1170. The lowest BCUT2D eigenvalue weighted by Gasteiger charge is -2.20. The van der Waals surface area contributed by atoms with Gasteiger partial charge in [-0.2, -0.15) is 13.2 Å². The van der Waals surface area contributed by atoms with Crippen LogP contribution in [0.3, 0.4) is 0 Å². The fourth-order valence-corrected chi connectivity index (χ4v) is 3.34. The first kappa shape index (κ1) is 25.3. The van der Waals surface area contributed by atoms with Gasteiger partial charge in [-0.3, -0.25) is 4.79 Å². The minimum absolute atomic E-state index is 0.0859. The molecule has 1 N–H and O–H groups in total. The average Bonchev–Trinajstić information content (AvgIpc) is 2.78. The van der Waals surface area contributed by atoms with Crippen molar-refractivity contribution in [1.29, 1.82) is 0 Å². The fourth-order valence-electron chi connectivity index (χ4n) is 3.18. The van der Waals surface area contributed by atoms with Crippen molar-refractivity contribution in [3.8, 4) is 0 Å². The first-order valence-electron chi connectivity index (χ1n) is 10.4. The summed E-state index contributed by atoms with van der Waals surface area (Å²) < 4.78 is 44.8. The van der Waals surface area contributed by atoms with Crippen LogP contribution >= 0.6 is 11.6 Å². The zero-order valence-electron chi connectivity index (χ0n) is 18.7. The van der Waals surface area contributed by atoms with Gasteiger partial charge in [-0.15, -0.1) is 0 Å². The van der Waals surface area contributed by atoms with Crippen molar-refractivity contribution in [3.05, 3.63) is 100 Å². The van der Waals surface area contributed by atoms with Crippen molar-refractivity contribution in [1.82, 2.24) is 0 Å². The van der Waals surface area contributed by atoms with Crippen LogP contribution in [-0.4, -0.2) is 11.9 Å². The number of nitrogens with one attached hydrogen (secondary N) is 1. The molecule has 0 saturated heterocycles. The molecule has 0 unspecified atom stereocenters. The zero-order valence-corrected chi connectivity index (χ0v) is 19.5. The highest BCUT2D eigenvalue weighted by atomic mass is 35.5. The highest BCUT2D eigenvalue weighted by molar-refractivity contribution is 6.33. The summed E-state index contributed by atoms with van der Waals surface area (Å²) in [4.78, 5) is 25.9. The van der Waals surface area contributed by atoms with Gasteiger partial charge >= 0.3 is 12.1 Å². The number of esters is 1. The van der Waals surface area contributed by atoms with E-state index in [-0.39, 0.29) is 21.7 Å². The predicted molar refractivity (Wildman–Crippen MR) is 125 cm³/mol. The number of ether oxygens (including phenoxy) is 1. The second-order valence-electron chi connectivity index (χ2n) is 8.71. The molecule has 0 bridgehead atoms. The van der Waals surface area contributed by atoms with Gasteiger partial charge < -0.3 is 10.1 Å². The van der Waals surface area contributed by atoms with E-state index in [4.69, 9.17) is 16.3 Å². The van der Waals surface area contributed by atoms with Crippen molar-refractivity contribution in [2.24, 2.45) is 0 Å². The number of anilines is 1. The predicted octanol–water partition coefficient (Wildman–Crippen LogP) is 7.19. The molecule has 0 spiro atoms. The number of carbonyl (C=O) groups excluding carboxylic acids is 2. The van der Waals surface area contributed by atoms with E-state index < -0.39 is 29.7 Å². The lowest BCUT2D eigenvalue weighted by Crippen LogP contribution is -2.26. The second-order valence-corrected chi connectivity index (χ2v) is 9.11. The Kier molecular flexibility index (Phi) is 7.36. The van der Waals surface area contributed by atoms with Crippen LogP contribution in [0.2, 0.25) is 5.02 Å². The van der Waals surface area contributed by atoms with E-state index in [0.29, 0.717) is 5.56 Å². The first-order valence-corrected chi connectivity index (χ1v) is 10.8. The number of benzene rings is 3. The van der Waals surface area contributed by atoms with Gasteiger partial charge in [0.1, 0.15) is 0 Å². The van der Waals surface area contributed by atoms with E-state index in [0.717, 1.165) is 23.8 Å². The molecular weight excluding hydrogens is 467 g/mol. The molecule has 34 heavy (non-hydrogen) atoms. The van der Waals surface area contributed by atoms with Gasteiger partial charge in [0.25, 0.3) is 5.91 Å². The van der Waals surface area contributed by atoms with Crippen LogP contribution in [-0.2, 0) is 21.1 Å². The van der Waals surface area contributed by atoms with Crippen LogP contribution in [0, 0.1) is 0 Å². The summed E-state index contributed by atoms with van der Waals surface area (Å²) in [6.07, 6.45) is -6.03. The maximum atomic E-state index is 13.1. The van der Waals surface area contributed by atoms with Gasteiger partial charge in [0.05, 0.1) is 21.8 Å². The molecule has 8 heteroatoms. The molecule has 178 valence electrons. The van der Waals surface area contributed by atoms with Crippen LogP contribution in [0.4, 0.5) is 18.9 Å². The number of halogens is 4. The summed E-state index contributed by atoms with van der Waals surface area (Å²) in [6, 6.07) is 17.6. The third-order valence-electron chi connectivity index (χ3n) is 5.10. The lowest BCUT2D eigenvalue weighted by atomic mass is 9.87. The van der Waals surface area contributed by atoms with Gasteiger partial charge in [-0.25, -0.2) is 4.79 Å². The standard InChI is InChI=1S/C26H23ClF3NO3/c1-25(2,3)18-11-9-17(10-12-18)24(33)34-22(16-7-5-4-6-8-16)23(32)31-21-15-19(26(28,29)30)13-14-20(21)27/h4-15,22H,1-3H3,(H,31,32)/t22-/m1/s1. The fraction of sp³-hybridized carbons (Fsp3) is 0.231. The molecule has 0 aliphatic heterocycles. The van der Waals surface area contributed by atoms with Crippen molar-refractivity contribution >= 4 is 29.2 Å². The van der Waals surface area contributed by atoms with E-state index in [2.05, 4.69) is 5.32 Å². The van der Waals surface area contributed by atoms with Crippen molar-refractivity contribution in [2.75, 3.05) is 5.32 Å². The summed E-state index contributed by atoms with van der Waals surface area (Å²) in [5.41, 5.74) is 0.272. The van der Waals surface area contributed by atoms with Crippen molar-refractivity contribution in [2.45, 2.75) is 38.5 Å². The van der Waals surface area contributed by atoms with E-state index in [1.54, 1.807) is 54.6 Å². The number of alkyl halides is 3. The molecule has 0 heterocycles. The molecule has 1 amide bonds. The smallest absolute Gasteiger partial charge is 0.416 e. The zero-order chi connectivity index (χ0) is 25.1. The number of rotatable bonds is 5. The molecule has 0 aliphatic carbocycles. The molecule has 3 aromatic rings. The van der Waals surface area contributed by atoms with Gasteiger partial charge in [-0.05, 0) is 41.3 Å². The second kappa shape index (κ2) is 9.89. The summed E-state index contributed by atoms with van der Waals surface area (Å²) in [7, 11) is 0. The number of hydrogen-bond donors (Lipinski definition) is 1. The lowest BCUT2D eigenvalue weighted by molar-refractivity contribution is -0.137. The molecule has 3 aromatic carbocycles. The Hall–Kier alpha value is -3.32. The van der Waals surface area contributed by atoms with Crippen molar-refractivity contribution < 1.29 is 27.5 Å². The van der Waals surface area contributed by atoms with Crippen LogP contribution < -0.4 is 5.32 Å². The molecule has 0 fully saturated rings. The van der Waals surface area contributed by atoms with Crippen LogP contribution in [0.5, 0.6) is 0 Å². The Morgan fingerprint density at radius 3 is 2.03 bits per heavy atom. The third-order valence-corrected chi connectivity index (χ3v) is 5.43. The van der Waals surface area contributed by atoms with Gasteiger partial charge in [-0.1, -0.05) is 74.8 Å². The average molecular weight is 490 g/mol. The first-order chi connectivity index (χ1) is 15.9. The maximum Gasteiger partial charge on any atom is 0.416 e. The summed E-state index contributed by atoms with van der Waals surface area (Å²) >= 11 is 6.00. The maximum absolute atomic E-state index is 13.1.